The van der Waals surface area contributed by atoms with E-state index in [4.69, 9.17) is 0 Å². The Morgan fingerprint density at radius 1 is 1.13 bits per heavy atom. The number of benzene rings is 1. The van der Waals surface area contributed by atoms with Crippen LogP contribution in [0.4, 0.5) is 5.13 Å². The number of hydrogen-bond donors (Lipinski definition) is 1. The summed E-state index contributed by atoms with van der Waals surface area (Å²) in [6.45, 7) is 7.73. The summed E-state index contributed by atoms with van der Waals surface area (Å²) < 4.78 is 28.8. The predicted octanol–water partition coefficient (Wildman–Crippen LogP) is 2.74. The van der Waals surface area contributed by atoms with Gasteiger partial charge in [-0.15, -0.1) is 0 Å². The molecule has 8 nitrogen and oxygen atoms in total. The number of fused-ring (bicyclic) bond motifs is 1. The predicted molar refractivity (Wildman–Crippen MR) is 119 cm³/mol. The Kier molecular flexibility index (Phi) is 6.39. The van der Waals surface area contributed by atoms with Crippen molar-refractivity contribution in [2.75, 3.05) is 18.4 Å². The zero-order valence-corrected chi connectivity index (χ0v) is 18.9. The number of nitrogens with zero attached hydrogens (tertiary/aromatic N) is 3. The standard InChI is InChI=1S/C20H24N4O4S2/c1-5-24(6-2)30(27,28)15-9-10-17(26)23(11-15)12-16(25)21-20-22-18-13(3)7-8-14(4)19(18)29-20/h7-11H,5-6,12H2,1-4H3,(H,21,22,25). The lowest BCUT2D eigenvalue weighted by molar-refractivity contribution is -0.116. The van der Waals surface area contributed by atoms with Crippen molar-refractivity contribution in [2.45, 2.75) is 39.1 Å². The zero-order chi connectivity index (χ0) is 22.1. The number of thiazole rings is 1. The maximum absolute atomic E-state index is 12.7. The monoisotopic (exact) mass is 448 g/mol. The van der Waals surface area contributed by atoms with Crippen LogP contribution in [-0.2, 0) is 21.4 Å². The molecule has 3 aromatic rings. The van der Waals surface area contributed by atoms with Crippen LogP contribution in [-0.4, -0.2) is 41.3 Å². The molecule has 0 aliphatic rings. The Labute approximate surface area is 179 Å². The number of rotatable bonds is 7. The van der Waals surface area contributed by atoms with E-state index in [2.05, 4.69) is 10.3 Å². The molecule has 0 aliphatic heterocycles. The Morgan fingerprint density at radius 2 is 1.80 bits per heavy atom. The van der Waals surface area contributed by atoms with Gasteiger partial charge in [0.05, 0.1) is 15.1 Å². The molecule has 1 aromatic carbocycles. The molecule has 0 saturated carbocycles. The summed E-state index contributed by atoms with van der Waals surface area (Å²) in [6.07, 6.45) is 1.21. The molecule has 3 rings (SSSR count). The first-order valence-electron chi connectivity index (χ1n) is 9.54. The topological polar surface area (TPSA) is 101 Å². The van der Waals surface area contributed by atoms with Gasteiger partial charge in [-0.05, 0) is 31.0 Å². The highest BCUT2D eigenvalue weighted by Crippen LogP contribution is 2.30. The summed E-state index contributed by atoms with van der Waals surface area (Å²) in [7, 11) is -3.73. The summed E-state index contributed by atoms with van der Waals surface area (Å²) in [5.74, 6) is -0.455. The van der Waals surface area contributed by atoms with Crippen molar-refractivity contribution in [3.63, 3.8) is 0 Å². The highest BCUT2D eigenvalue weighted by atomic mass is 32.2. The van der Waals surface area contributed by atoms with Gasteiger partial charge in [0.15, 0.2) is 5.13 Å². The third kappa shape index (κ3) is 4.30. The van der Waals surface area contributed by atoms with Crippen molar-refractivity contribution in [3.05, 3.63) is 51.9 Å². The van der Waals surface area contributed by atoms with Gasteiger partial charge in [-0.3, -0.25) is 9.59 Å². The van der Waals surface area contributed by atoms with Crippen molar-refractivity contribution in [1.82, 2.24) is 13.9 Å². The van der Waals surface area contributed by atoms with Gasteiger partial charge in [-0.25, -0.2) is 13.4 Å². The van der Waals surface area contributed by atoms with E-state index in [-0.39, 0.29) is 11.4 Å². The molecule has 0 aliphatic carbocycles. The van der Waals surface area contributed by atoms with Gasteiger partial charge in [0, 0.05) is 25.4 Å². The Balaban J connectivity index is 1.84. The third-order valence-corrected chi connectivity index (χ3v) is 7.94. The summed E-state index contributed by atoms with van der Waals surface area (Å²) >= 11 is 1.37. The normalized spacial score (nSPS) is 11.9. The Hall–Kier alpha value is -2.56. The summed E-state index contributed by atoms with van der Waals surface area (Å²) in [5, 5.41) is 3.15. The van der Waals surface area contributed by atoms with E-state index in [9.17, 15) is 18.0 Å². The van der Waals surface area contributed by atoms with E-state index in [0.717, 1.165) is 32.0 Å². The molecule has 1 amide bonds. The van der Waals surface area contributed by atoms with Crippen molar-refractivity contribution < 1.29 is 13.2 Å². The number of nitrogens with one attached hydrogen (secondary N) is 1. The van der Waals surface area contributed by atoms with E-state index in [1.54, 1.807) is 13.8 Å². The zero-order valence-electron chi connectivity index (χ0n) is 17.3. The van der Waals surface area contributed by atoms with Gasteiger partial charge < -0.3 is 9.88 Å². The van der Waals surface area contributed by atoms with Gasteiger partial charge in [-0.1, -0.05) is 37.3 Å². The van der Waals surface area contributed by atoms with E-state index in [1.165, 1.54) is 27.9 Å². The fourth-order valence-corrected chi connectivity index (χ4v) is 5.63. The van der Waals surface area contributed by atoms with Crippen LogP contribution in [0.2, 0.25) is 0 Å². The highest BCUT2D eigenvalue weighted by Gasteiger charge is 2.22. The van der Waals surface area contributed by atoms with Crippen LogP contribution in [0.5, 0.6) is 0 Å². The second-order valence-electron chi connectivity index (χ2n) is 6.86. The van der Waals surface area contributed by atoms with Crippen molar-refractivity contribution >= 4 is 42.6 Å². The molecule has 30 heavy (non-hydrogen) atoms. The minimum atomic E-state index is -3.73. The molecule has 0 radical (unpaired) electrons. The van der Waals surface area contributed by atoms with E-state index >= 15 is 0 Å². The molecule has 2 heterocycles. The number of amides is 1. The van der Waals surface area contributed by atoms with Crippen LogP contribution in [0.25, 0.3) is 10.2 Å². The molecule has 0 saturated heterocycles. The van der Waals surface area contributed by atoms with Crippen molar-refractivity contribution in [3.8, 4) is 0 Å². The molecule has 0 fully saturated rings. The van der Waals surface area contributed by atoms with Crippen LogP contribution in [0.15, 0.2) is 40.2 Å². The molecule has 10 heteroatoms. The third-order valence-electron chi connectivity index (χ3n) is 4.80. The minimum absolute atomic E-state index is 0.0233. The maximum Gasteiger partial charge on any atom is 0.251 e. The van der Waals surface area contributed by atoms with Crippen molar-refractivity contribution in [1.29, 1.82) is 0 Å². The van der Waals surface area contributed by atoms with Crippen LogP contribution < -0.4 is 10.9 Å². The van der Waals surface area contributed by atoms with Crippen LogP contribution >= 0.6 is 11.3 Å². The van der Waals surface area contributed by atoms with Crippen LogP contribution in [0.1, 0.15) is 25.0 Å². The minimum Gasteiger partial charge on any atom is -0.305 e. The molecular weight excluding hydrogens is 424 g/mol. The number of aryl methyl sites for hydroxylation is 2. The van der Waals surface area contributed by atoms with Gasteiger partial charge in [0.25, 0.3) is 5.56 Å². The number of sulfonamides is 1. The quantitative estimate of drug-likeness (QED) is 0.599. The Bertz CT molecular complexity index is 1220. The second-order valence-corrected chi connectivity index (χ2v) is 9.80. The van der Waals surface area contributed by atoms with E-state index in [0.29, 0.717) is 18.2 Å². The fourth-order valence-electron chi connectivity index (χ4n) is 3.12. The molecule has 0 spiro atoms. The SMILES string of the molecule is CCN(CC)S(=O)(=O)c1ccc(=O)n(CC(=O)Nc2nc3c(C)ccc(C)c3s2)c1. The molecule has 160 valence electrons. The molecule has 0 bridgehead atoms. The van der Waals surface area contributed by atoms with E-state index < -0.39 is 21.5 Å². The average molecular weight is 449 g/mol. The molecule has 0 atom stereocenters. The summed E-state index contributed by atoms with van der Waals surface area (Å²) in [6, 6.07) is 6.41. The van der Waals surface area contributed by atoms with E-state index in [1.807, 2.05) is 26.0 Å². The van der Waals surface area contributed by atoms with Gasteiger partial charge in [0.1, 0.15) is 6.54 Å². The molecule has 1 N–H and O–H groups in total. The number of anilines is 1. The average Bonchev–Trinajstić information content (AvgIpc) is 3.12. The van der Waals surface area contributed by atoms with Gasteiger partial charge in [-0.2, -0.15) is 4.31 Å². The first kappa shape index (κ1) is 22.1. The van der Waals surface area contributed by atoms with Crippen LogP contribution in [0, 0.1) is 13.8 Å². The van der Waals surface area contributed by atoms with Crippen LogP contribution in [0.3, 0.4) is 0 Å². The maximum atomic E-state index is 12.7. The number of carbonyl (C=O) groups excluding carboxylic acids is 1. The number of hydrogen-bond acceptors (Lipinski definition) is 6. The lowest BCUT2D eigenvalue weighted by atomic mass is 10.1. The molecular formula is C20H24N4O4S2. The first-order chi connectivity index (χ1) is 14.2. The van der Waals surface area contributed by atoms with Gasteiger partial charge in [0.2, 0.25) is 15.9 Å². The van der Waals surface area contributed by atoms with Crippen molar-refractivity contribution in [2.24, 2.45) is 0 Å². The van der Waals surface area contributed by atoms with Gasteiger partial charge >= 0.3 is 0 Å². The number of aromatic nitrogens is 2. The Morgan fingerprint density at radius 3 is 2.43 bits per heavy atom. The second kappa shape index (κ2) is 8.66. The molecule has 2 aromatic heterocycles. The number of pyridine rings is 1. The lowest BCUT2D eigenvalue weighted by Crippen LogP contribution is -2.33. The summed E-state index contributed by atoms with van der Waals surface area (Å²) in [4.78, 5) is 29.2. The summed E-state index contributed by atoms with van der Waals surface area (Å²) in [5.41, 5.74) is 2.46. The fraction of sp³-hybridized carbons (Fsp3) is 0.350. The number of carbonyl (C=O) groups is 1. The lowest BCUT2D eigenvalue weighted by Gasteiger charge is -2.18. The largest absolute Gasteiger partial charge is 0.305 e. The smallest absolute Gasteiger partial charge is 0.251 e. The first-order valence-corrected chi connectivity index (χ1v) is 11.8. The highest BCUT2D eigenvalue weighted by molar-refractivity contribution is 7.89. The molecule has 0 unspecified atom stereocenters.